The minimum atomic E-state index is -0.0928. The van der Waals surface area contributed by atoms with Crippen LogP contribution >= 0.6 is 0 Å². The van der Waals surface area contributed by atoms with E-state index in [4.69, 9.17) is 10.5 Å². The summed E-state index contributed by atoms with van der Waals surface area (Å²) >= 11 is 0. The van der Waals surface area contributed by atoms with Crippen molar-refractivity contribution < 1.29 is 9.53 Å². The normalized spacial score (nSPS) is 22.5. The lowest BCUT2D eigenvalue weighted by molar-refractivity contribution is -0.143. The molecule has 1 aliphatic rings. The first-order valence-electron chi connectivity index (χ1n) is 8.33. The summed E-state index contributed by atoms with van der Waals surface area (Å²) in [7, 11) is 4.04. The second-order valence-corrected chi connectivity index (χ2v) is 6.47. The molecule has 1 aliphatic carbocycles. The summed E-state index contributed by atoms with van der Waals surface area (Å²) in [5.41, 5.74) is 5.75. The Balaban J connectivity index is 1.96. The van der Waals surface area contributed by atoms with Crippen molar-refractivity contribution in [2.75, 3.05) is 46.9 Å². The van der Waals surface area contributed by atoms with Crippen molar-refractivity contribution in [3.8, 4) is 0 Å². The van der Waals surface area contributed by atoms with E-state index in [0.29, 0.717) is 18.9 Å². The topological polar surface area (TPSA) is 67.6 Å². The van der Waals surface area contributed by atoms with Crippen LogP contribution in [0.25, 0.3) is 0 Å². The van der Waals surface area contributed by atoms with Gasteiger partial charge in [0.25, 0.3) is 0 Å². The molecular formula is C16H33N3O2. The molecule has 1 rings (SSSR count). The van der Waals surface area contributed by atoms with Crippen molar-refractivity contribution >= 4 is 5.97 Å². The number of nitrogens with two attached hydrogens (primary N) is 1. The fourth-order valence-corrected chi connectivity index (χ4v) is 2.94. The van der Waals surface area contributed by atoms with Crippen molar-refractivity contribution in [1.29, 1.82) is 0 Å². The number of nitrogens with one attached hydrogen (secondary N) is 1. The highest BCUT2D eigenvalue weighted by Gasteiger charge is 2.20. The Morgan fingerprint density at radius 3 is 2.81 bits per heavy atom. The van der Waals surface area contributed by atoms with Gasteiger partial charge in [0, 0.05) is 13.1 Å². The third-order valence-electron chi connectivity index (χ3n) is 4.18. The van der Waals surface area contributed by atoms with Gasteiger partial charge < -0.3 is 20.7 Å². The molecule has 0 aliphatic heterocycles. The van der Waals surface area contributed by atoms with Crippen LogP contribution in [0.1, 0.15) is 38.5 Å². The molecule has 0 amide bonds. The maximum atomic E-state index is 11.5. The van der Waals surface area contributed by atoms with Crippen molar-refractivity contribution in [1.82, 2.24) is 10.2 Å². The van der Waals surface area contributed by atoms with Gasteiger partial charge in [-0.1, -0.05) is 6.42 Å². The van der Waals surface area contributed by atoms with Gasteiger partial charge in [0.15, 0.2) is 0 Å². The van der Waals surface area contributed by atoms with Crippen molar-refractivity contribution in [2.45, 2.75) is 38.5 Å². The molecule has 0 bridgehead atoms. The maximum absolute atomic E-state index is 11.5. The molecule has 0 radical (unpaired) electrons. The molecule has 124 valence electrons. The molecule has 1 fully saturated rings. The number of esters is 1. The fraction of sp³-hybridized carbons (Fsp3) is 0.938. The van der Waals surface area contributed by atoms with E-state index < -0.39 is 0 Å². The van der Waals surface area contributed by atoms with Gasteiger partial charge in [0.05, 0.1) is 13.0 Å². The number of nitrogens with zero attached hydrogens (tertiary/aromatic N) is 1. The highest BCUT2D eigenvalue weighted by atomic mass is 16.5. The van der Waals surface area contributed by atoms with E-state index in [1.807, 2.05) is 14.1 Å². The number of carbonyl (C=O) groups excluding carboxylic acids is 1. The van der Waals surface area contributed by atoms with Gasteiger partial charge in [-0.15, -0.1) is 0 Å². The first-order valence-corrected chi connectivity index (χ1v) is 8.33. The minimum Gasteiger partial charge on any atom is -0.466 e. The Morgan fingerprint density at radius 2 is 2.10 bits per heavy atom. The summed E-state index contributed by atoms with van der Waals surface area (Å²) in [5.74, 6) is 1.33. The third-order valence-corrected chi connectivity index (χ3v) is 4.18. The molecule has 5 nitrogen and oxygen atoms in total. The van der Waals surface area contributed by atoms with E-state index in [1.54, 1.807) is 0 Å². The molecule has 1 saturated carbocycles. The van der Waals surface area contributed by atoms with Crippen LogP contribution < -0.4 is 11.1 Å². The second kappa shape index (κ2) is 11.0. The van der Waals surface area contributed by atoms with Crippen molar-refractivity contribution in [2.24, 2.45) is 17.6 Å². The summed E-state index contributed by atoms with van der Waals surface area (Å²) in [6.45, 7) is 4.02. The van der Waals surface area contributed by atoms with Crippen LogP contribution in [0, 0.1) is 11.8 Å². The Labute approximate surface area is 129 Å². The zero-order valence-electron chi connectivity index (χ0n) is 13.8. The molecule has 5 heteroatoms. The summed E-state index contributed by atoms with van der Waals surface area (Å²) in [6, 6.07) is 0. The molecule has 2 atom stereocenters. The summed E-state index contributed by atoms with van der Waals surface area (Å²) < 4.78 is 5.20. The number of hydrogen-bond donors (Lipinski definition) is 2. The van der Waals surface area contributed by atoms with Crippen LogP contribution in [-0.4, -0.2) is 57.8 Å². The van der Waals surface area contributed by atoms with Gasteiger partial charge in [0.1, 0.15) is 0 Å². The smallest absolute Gasteiger partial charge is 0.307 e. The van der Waals surface area contributed by atoms with Crippen LogP contribution in [0.2, 0.25) is 0 Å². The lowest BCUT2D eigenvalue weighted by Crippen LogP contribution is -2.31. The van der Waals surface area contributed by atoms with Crippen LogP contribution in [0.3, 0.4) is 0 Å². The number of rotatable bonds is 10. The van der Waals surface area contributed by atoms with E-state index in [2.05, 4.69) is 10.2 Å². The molecule has 0 aromatic heterocycles. The van der Waals surface area contributed by atoms with Gasteiger partial charge in [-0.05, 0) is 64.7 Å². The average Bonchev–Trinajstić information content (AvgIpc) is 2.48. The molecule has 0 saturated heterocycles. The zero-order chi connectivity index (χ0) is 15.5. The predicted octanol–water partition coefficient (Wildman–Crippen LogP) is 1.23. The molecular weight excluding hydrogens is 266 g/mol. The maximum Gasteiger partial charge on any atom is 0.307 e. The van der Waals surface area contributed by atoms with Gasteiger partial charge in [-0.25, -0.2) is 0 Å². The monoisotopic (exact) mass is 299 g/mol. The first kappa shape index (κ1) is 18.4. The summed E-state index contributed by atoms with van der Waals surface area (Å²) in [6.07, 6.45) is 6.47. The number of ether oxygens (including phenoxy) is 1. The highest BCUT2D eigenvalue weighted by molar-refractivity contribution is 5.69. The highest BCUT2D eigenvalue weighted by Crippen LogP contribution is 2.27. The Bertz CT molecular complexity index is 285. The predicted molar refractivity (Wildman–Crippen MR) is 86.1 cm³/mol. The van der Waals surface area contributed by atoms with E-state index in [-0.39, 0.29) is 5.97 Å². The number of hydrogen-bond acceptors (Lipinski definition) is 5. The quantitative estimate of drug-likeness (QED) is 0.469. The van der Waals surface area contributed by atoms with Gasteiger partial charge in [-0.2, -0.15) is 0 Å². The minimum absolute atomic E-state index is 0.0928. The second-order valence-electron chi connectivity index (χ2n) is 6.47. The van der Waals surface area contributed by atoms with E-state index in [0.717, 1.165) is 38.5 Å². The molecule has 3 N–H and O–H groups in total. The van der Waals surface area contributed by atoms with E-state index >= 15 is 0 Å². The average molecular weight is 299 g/mol. The van der Waals surface area contributed by atoms with Crippen LogP contribution in [0.5, 0.6) is 0 Å². The van der Waals surface area contributed by atoms with E-state index in [9.17, 15) is 4.79 Å². The van der Waals surface area contributed by atoms with Crippen molar-refractivity contribution in [3.05, 3.63) is 0 Å². The zero-order valence-corrected chi connectivity index (χ0v) is 13.8. The SMILES string of the molecule is CN(C)CCCOC(=O)CCNCC1CCCC(CN)C1. The first-order chi connectivity index (χ1) is 10.1. The van der Waals surface area contributed by atoms with Crippen molar-refractivity contribution in [3.63, 3.8) is 0 Å². The Morgan fingerprint density at radius 1 is 1.33 bits per heavy atom. The van der Waals surface area contributed by atoms with Crippen LogP contribution in [-0.2, 0) is 9.53 Å². The van der Waals surface area contributed by atoms with Crippen LogP contribution in [0.4, 0.5) is 0 Å². The number of carbonyl (C=O) groups is 1. The Hall–Kier alpha value is -0.650. The molecule has 0 heterocycles. The third kappa shape index (κ3) is 9.06. The lowest BCUT2D eigenvalue weighted by Gasteiger charge is -2.28. The molecule has 0 aromatic carbocycles. The Kier molecular flexibility index (Phi) is 9.63. The van der Waals surface area contributed by atoms with Crippen LogP contribution in [0.15, 0.2) is 0 Å². The molecule has 0 spiro atoms. The molecule has 0 aromatic rings. The van der Waals surface area contributed by atoms with Gasteiger partial charge >= 0.3 is 5.97 Å². The van der Waals surface area contributed by atoms with Gasteiger partial charge in [-0.3, -0.25) is 4.79 Å². The molecule has 21 heavy (non-hydrogen) atoms. The molecule has 2 unspecified atom stereocenters. The largest absolute Gasteiger partial charge is 0.466 e. The standard InChI is InChI=1S/C16H33N3O2/c1-19(2)9-4-10-21-16(20)7-8-18-13-15-6-3-5-14(11-15)12-17/h14-15,18H,3-13,17H2,1-2H3. The summed E-state index contributed by atoms with van der Waals surface area (Å²) in [4.78, 5) is 13.6. The lowest BCUT2D eigenvalue weighted by atomic mass is 9.81. The summed E-state index contributed by atoms with van der Waals surface area (Å²) in [5, 5.41) is 3.39. The van der Waals surface area contributed by atoms with Gasteiger partial charge in [0.2, 0.25) is 0 Å². The van der Waals surface area contributed by atoms with E-state index in [1.165, 1.54) is 25.7 Å². The fourth-order valence-electron chi connectivity index (χ4n) is 2.94.